The van der Waals surface area contributed by atoms with Gasteiger partial charge < -0.3 is 20.5 Å². The van der Waals surface area contributed by atoms with E-state index in [1.54, 1.807) is 7.11 Å². The molecule has 0 radical (unpaired) electrons. The van der Waals surface area contributed by atoms with Gasteiger partial charge in [0.1, 0.15) is 5.75 Å². The van der Waals surface area contributed by atoms with Crippen molar-refractivity contribution in [2.45, 2.75) is 26.8 Å². The topological polar surface area (TPSA) is 68.9 Å². The first-order valence-electron chi connectivity index (χ1n) is 7.36. The van der Waals surface area contributed by atoms with E-state index in [2.05, 4.69) is 24.2 Å². The summed E-state index contributed by atoms with van der Waals surface area (Å²) in [5, 5.41) is 3.10. The van der Waals surface area contributed by atoms with E-state index in [0.29, 0.717) is 31.6 Å². The first-order chi connectivity index (χ1) is 10.1. The molecule has 126 valence electrons. The fraction of sp³-hybridized carbons (Fsp3) is 0.562. The Hall–Kier alpha value is -1.02. The zero-order chi connectivity index (χ0) is 15.5. The quantitative estimate of drug-likeness (QED) is 0.279. The lowest BCUT2D eigenvalue weighted by atomic mass is 10.2. The first kappa shape index (κ1) is 21.0. The highest BCUT2D eigenvalue weighted by Crippen LogP contribution is 2.14. The Labute approximate surface area is 150 Å². The number of benzene rings is 1. The molecule has 1 aromatic rings. The molecular formula is C16H28IN3O2. The van der Waals surface area contributed by atoms with Crippen molar-refractivity contribution in [2.75, 3.05) is 26.9 Å². The Morgan fingerprint density at radius 3 is 2.77 bits per heavy atom. The van der Waals surface area contributed by atoms with Crippen molar-refractivity contribution in [3.63, 3.8) is 0 Å². The van der Waals surface area contributed by atoms with Crippen molar-refractivity contribution in [3.05, 3.63) is 29.8 Å². The van der Waals surface area contributed by atoms with Gasteiger partial charge in [0.25, 0.3) is 0 Å². The number of halogens is 1. The van der Waals surface area contributed by atoms with Crippen LogP contribution in [0.4, 0.5) is 0 Å². The van der Waals surface area contributed by atoms with Gasteiger partial charge in [-0.2, -0.15) is 0 Å². The first-order valence-corrected chi connectivity index (χ1v) is 7.36. The van der Waals surface area contributed by atoms with E-state index in [-0.39, 0.29) is 24.0 Å². The average Bonchev–Trinajstić information content (AvgIpc) is 2.48. The van der Waals surface area contributed by atoms with Crippen molar-refractivity contribution >= 4 is 29.9 Å². The van der Waals surface area contributed by atoms with Gasteiger partial charge in [0.2, 0.25) is 0 Å². The lowest BCUT2D eigenvalue weighted by Gasteiger charge is -2.09. The maximum atomic E-state index is 5.82. The molecule has 0 fully saturated rings. The fourth-order valence-electron chi connectivity index (χ4n) is 1.67. The maximum Gasteiger partial charge on any atom is 0.188 e. The predicted octanol–water partition coefficient (Wildman–Crippen LogP) is 2.78. The van der Waals surface area contributed by atoms with Crippen LogP contribution in [-0.2, 0) is 11.3 Å². The fourth-order valence-corrected chi connectivity index (χ4v) is 1.67. The highest BCUT2D eigenvalue weighted by Gasteiger charge is 1.98. The summed E-state index contributed by atoms with van der Waals surface area (Å²) in [6, 6.07) is 7.92. The summed E-state index contributed by atoms with van der Waals surface area (Å²) in [5.41, 5.74) is 6.89. The summed E-state index contributed by atoms with van der Waals surface area (Å²) >= 11 is 0. The monoisotopic (exact) mass is 421 g/mol. The number of ether oxygens (including phenoxy) is 2. The zero-order valence-corrected chi connectivity index (χ0v) is 16.0. The number of methoxy groups -OCH3 is 1. The molecule has 0 aliphatic heterocycles. The second kappa shape index (κ2) is 12.5. The van der Waals surface area contributed by atoms with Gasteiger partial charge in [-0.25, -0.2) is 4.99 Å². The average molecular weight is 421 g/mol. The molecule has 0 spiro atoms. The summed E-state index contributed by atoms with van der Waals surface area (Å²) in [5.74, 6) is 1.88. The largest absolute Gasteiger partial charge is 0.493 e. The second-order valence-corrected chi connectivity index (χ2v) is 5.32. The number of nitrogens with zero attached hydrogens (tertiary/aromatic N) is 1. The van der Waals surface area contributed by atoms with E-state index in [1.165, 1.54) is 0 Å². The van der Waals surface area contributed by atoms with E-state index in [1.807, 2.05) is 24.3 Å². The van der Waals surface area contributed by atoms with Crippen molar-refractivity contribution in [1.29, 1.82) is 0 Å². The third-order valence-electron chi connectivity index (χ3n) is 2.78. The Morgan fingerprint density at radius 1 is 1.32 bits per heavy atom. The summed E-state index contributed by atoms with van der Waals surface area (Å²) in [7, 11) is 1.69. The van der Waals surface area contributed by atoms with Gasteiger partial charge in [-0.1, -0.05) is 26.0 Å². The highest BCUT2D eigenvalue weighted by atomic mass is 127. The summed E-state index contributed by atoms with van der Waals surface area (Å²) in [6.45, 7) is 7.00. The molecule has 0 atom stereocenters. The van der Waals surface area contributed by atoms with E-state index < -0.39 is 0 Å². The summed E-state index contributed by atoms with van der Waals surface area (Å²) in [6.07, 6.45) is 0.880. The van der Waals surface area contributed by atoms with Gasteiger partial charge in [0.15, 0.2) is 5.96 Å². The molecule has 6 heteroatoms. The third kappa shape index (κ3) is 9.83. The van der Waals surface area contributed by atoms with Crippen LogP contribution in [0.1, 0.15) is 25.8 Å². The molecule has 0 aromatic heterocycles. The van der Waals surface area contributed by atoms with Gasteiger partial charge in [0, 0.05) is 26.7 Å². The number of nitrogens with two attached hydrogens (primary N) is 1. The number of guanidine groups is 1. The minimum Gasteiger partial charge on any atom is -0.493 e. The van der Waals surface area contributed by atoms with E-state index in [4.69, 9.17) is 15.2 Å². The second-order valence-electron chi connectivity index (χ2n) is 5.32. The van der Waals surface area contributed by atoms with Crippen LogP contribution in [0.3, 0.4) is 0 Å². The minimum atomic E-state index is 0. The predicted molar refractivity (Wildman–Crippen MR) is 102 cm³/mol. The lowest BCUT2D eigenvalue weighted by Crippen LogP contribution is -2.34. The Kier molecular flexibility index (Phi) is 11.9. The van der Waals surface area contributed by atoms with Gasteiger partial charge in [-0.05, 0) is 23.6 Å². The molecule has 0 heterocycles. The molecule has 1 aromatic carbocycles. The number of rotatable bonds is 9. The van der Waals surface area contributed by atoms with Crippen LogP contribution in [0.2, 0.25) is 0 Å². The van der Waals surface area contributed by atoms with Gasteiger partial charge in [0.05, 0.1) is 13.2 Å². The Bertz CT molecular complexity index is 439. The standard InChI is InChI=1S/C16H27N3O2.HI/c1-13(2)11-18-16(17)19-12-14-6-4-7-15(10-14)21-9-5-8-20-3;/h4,6-7,10,13H,5,8-9,11-12H2,1-3H3,(H3,17,18,19);1H. The molecule has 0 saturated heterocycles. The zero-order valence-electron chi connectivity index (χ0n) is 13.7. The normalized spacial score (nSPS) is 11.2. The molecule has 0 aliphatic carbocycles. The number of hydrogen-bond donors (Lipinski definition) is 2. The molecule has 0 aliphatic rings. The highest BCUT2D eigenvalue weighted by molar-refractivity contribution is 14.0. The van der Waals surface area contributed by atoms with Crippen molar-refractivity contribution in [3.8, 4) is 5.75 Å². The Morgan fingerprint density at radius 2 is 2.09 bits per heavy atom. The van der Waals surface area contributed by atoms with Crippen LogP contribution in [-0.4, -0.2) is 32.8 Å². The molecule has 3 N–H and O–H groups in total. The van der Waals surface area contributed by atoms with Crippen LogP contribution < -0.4 is 15.8 Å². The maximum absolute atomic E-state index is 5.82. The molecule has 0 bridgehead atoms. The molecular weight excluding hydrogens is 393 g/mol. The molecule has 22 heavy (non-hydrogen) atoms. The molecule has 0 saturated carbocycles. The van der Waals surface area contributed by atoms with Gasteiger partial charge in [-0.15, -0.1) is 24.0 Å². The molecule has 1 rings (SSSR count). The van der Waals surface area contributed by atoms with E-state index in [0.717, 1.165) is 24.3 Å². The van der Waals surface area contributed by atoms with Crippen molar-refractivity contribution < 1.29 is 9.47 Å². The summed E-state index contributed by atoms with van der Waals surface area (Å²) in [4.78, 5) is 4.32. The molecule has 0 unspecified atom stereocenters. The van der Waals surface area contributed by atoms with Gasteiger partial charge in [-0.3, -0.25) is 0 Å². The third-order valence-corrected chi connectivity index (χ3v) is 2.78. The van der Waals surface area contributed by atoms with Crippen molar-refractivity contribution in [1.82, 2.24) is 5.32 Å². The Balaban J connectivity index is 0.00000441. The van der Waals surface area contributed by atoms with E-state index >= 15 is 0 Å². The van der Waals surface area contributed by atoms with Crippen molar-refractivity contribution in [2.24, 2.45) is 16.6 Å². The molecule has 0 amide bonds. The van der Waals surface area contributed by atoms with Crippen LogP contribution in [0.25, 0.3) is 0 Å². The number of aliphatic imine (C=N–C) groups is 1. The van der Waals surface area contributed by atoms with Crippen LogP contribution >= 0.6 is 24.0 Å². The van der Waals surface area contributed by atoms with Crippen LogP contribution in [0, 0.1) is 5.92 Å². The van der Waals surface area contributed by atoms with Crippen LogP contribution in [0.5, 0.6) is 5.75 Å². The van der Waals surface area contributed by atoms with Crippen LogP contribution in [0.15, 0.2) is 29.3 Å². The number of nitrogens with one attached hydrogen (secondary N) is 1. The SMILES string of the molecule is COCCCOc1cccc(CN=C(N)NCC(C)C)c1.I. The summed E-state index contributed by atoms with van der Waals surface area (Å²) < 4.78 is 10.6. The van der Waals surface area contributed by atoms with E-state index in [9.17, 15) is 0 Å². The molecule has 5 nitrogen and oxygen atoms in total. The minimum absolute atomic E-state index is 0. The number of hydrogen-bond acceptors (Lipinski definition) is 3. The lowest BCUT2D eigenvalue weighted by molar-refractivity contribution is 0.172. The van der Waals surface area contributed by atoms with Gasteiger partial charge >= 0.3 is 0 Å². The smallest absolute Gasteiger partial charge is 0.188 e.